The fraction of sp³-hybridized carbons (Fsp3) is 0.650. The van der Waals surface area contributed by atoms with Crippen LogP contribution in [0.3, 0.4) is 0 Å². The van der Waals surface area contributed by atoms with Crippen LogP contribution in [0, 0.1) is 12.8 Å². The number of anilines is 1. The quantitative estimate of drug-likeness (QED) is 0.471. The smallest absolute Gasteiger partial charge is 0.191 e. The molecule has 2 fully saturated rings. The molecule has 5 nitrogen and oxygen atoms in total. The number of aryl methyl sites for hydroxylation is 1. The standard InChI is InChI=1S/C20H33N5/c1-16-6-4-7-18(14-16)25-12-10-24(11-13-25)9-5-8-22-20(21-3)23-19-15-17(19)2/h4,6-7,14,17,19H,5,8-13,15H2,1-3H3,(H2,21,22,23). The highest BCUT2D eigenvalue weighted by Crippen LogP contribution is 2.28. The van der Waals surface area contributed by atoms with Gasteiger partial charge in [0, 0.05) is 51.5 Å². The predicted molar refractivity (Wildman–Crippen MR) is 107 cm³/mol. The van der Waals surface area contributed by atoms with Crippen molar-refractivity contribution in [1.29, 1.82) is 0 Å². The van der Waals surface area contributed by atoms with Crippen LogP contribution in [-0.4, -0.2) is 63.2 Å². The molecule has 0 aromatic heterocycles. The van der Waals surface area contributed by atoms with Crippen molar-refractivity contribution in [3.63, 3.8) is 0 Å². The normalized spacial score (nSPS) is 24.3. The SMILES string of the molecule is CN=C(NCCCN1CCN(c2cccc(C)c2)CC1)NC1CC1C. The van der Waals surface area contributed by atoms with Crippen LogP contribution in [0.5, 0.6) is 0 Å². The molecule has 0 bridgehead atoms. The van der Waals surface area contributed by atoms with Crippen molar-refractivity contribution in [2.45, 2.75) is 32.7 Å². The van der Waals surface area contributed by atoms with Crippen molar-refractivity contribution in [3.05, 3.63) is 29.8 Å². The third-order valence-electron chi connectivity index (χ3n) is 5.34. The van der Waals surface area contributed by atoms with Crippen LogP contribution in [0.1, 0.15) is 25.3 Å². The molecule has 2 aliphatic rings. The van der Waals surface area contributed by atoms with E-state index in [1.165, 1.54) is 17.7 Å². The van der Waals surface area contributed by atoms with Gasteiger partial charge in [0.1, 0.15) is 0 Å². The fourth-order valence-corrected chi connectivity index (χ4v) is 3.46. The van der Waals surface area contributed by atoms with Gasteiger partial charge in [-0.1, -0.05) is 19.1 Å². The summed E-state index contributed by atoms with van der Waals surface area (Å²) >= 11 is 0. The van der Waals surface area contributed by atoms with E-state index in [0.29, 0.717) is 6.04 Å². The lowest BCUT2D eigenvalue weighted by atomic mass is 10.2. The Kier molecular flexibility index (Phi) is 6.19. The summed E-state index contributed by atoms with van der Waals surface area (Å²) in [4.78, 5) is 9.39. The first-order chi connectivity index (χ1) is 12.2. The van der Waals surface area contributed by atoms with Crippen molar-refractivity contribution >= 4 is 11.6 Å². The van der Waals surface area contributed by atoms with E-state index in [0.717, 1.165) is 57.6 Å². The Bertz CT molecular complexity index is 577. The molecule has 2 atom stereocenters. The number of guanidine groups is 1. The number of piperazine rings is 1. The molecule has 1 aliphatic carbocycles. The highest BCUT2D eigenvalue weighted by atomic mass is 15.3. The Balaban J connectivity index is 1.31. The first kappa shape index (κ1) is 18.1. The Morgan fingerprint density at radius 1 is 1.24 bits per heavy atom. The summed E-state index contributed by atoms with van der Waals surface area (Å²) in [6.45, 7) is 11.1. The van der Waals surface area contributed by atoms with Gasteiger partial charge in [-0.3, -0.25) is 9.89 Å². The van der Waals surface area contributed by atoms with E-state index < -0.39 is 0 Å². The maximum atomic E-state index is 4.31. The largest absolute Gasteiger partial charge is 0.369 e. The minimum Gasteiger partial charge on any atom is -0.369 e. The van der Waals surface area contributed by atoms with Crippen molar-refractivity contribution in [1.82, 2.24) is 15.5 Å². The van der Waals surface area contributed by atoms with Gasteiger partial charge in [0.2, 0.25) is 0 Å². The number of nitrogens with one attached hydrogen (secondary N) is 2. The van der Waals surface area contributed by atoms with Gasteiger partial charge >= 0.3 is 0 Å². The molecule has 0 spiro atoms. The molecule has 1 heterocycles. The molecule has 2 unspecified atom stereocenters. The highest BCUT2D eigenvalue weighted by molar-refractivity contribution is 5.80. The lowest BCUT2D eigenvalue weighted by Crippen LogP contribution is -2.47. The van der Waals surface area contributed by atoms with Crippen molar-refractivity contribution in [2.24, 2.45) is 10.9 Å². The van der Waals surface area contributed by atoms with Gasteiger partial charge in [0.25, 0.3) is 0 Å². The van der Waals surface area contributed by atoms with Gasteiger partial charge in [0.05, 0.1) is 0 Å². The van der Waals surface area contributed by atoms with Crippen molar-refractivity contribution in [3.8, 4) is 0 Å². The van der Waals surface area contributed by atoms with E-state index in [9.17, 15) is 0 Å². The Hall–Kier alpha value is -1.75. The van der Waals surface area contributed by atoms with Gasteiger partial charge in [-0.15, -0.1) is 0 Å². The Morgan fingerprint density at radius 2 is 2.00 bits per heavy atom. The zero-order chi connectivity index (χ0) is 17.6. The predicted octanol–water partition coefficient (Wildman–Crippen LogP) is 2.08. The average molecular weight is 344 g/mol. The van der Waals surface area contributed by atoms with E-state index in [2.05, 4.69) is 63.5 Å². The summed E-state index contributed by atoms with van der Waals surface area (Å²) in [6, 6.07) is 9.47. The highest BCUT2D eigenvalue weighted by Gasteiger charge is 2.33. The van der Waals surface area contributed by atoms with Crippen LogP contribution in [0.4, 0.5) is 5.69 Å². The van der Waals surface area contributed by atoms with Gasteiger partial charge in [-0.25, -0.2) is 0 Å². The summed E-state index contributed by atoms with van der Waals surface area (Å²) in [5.74, 6) is 1.75. The second kappa shape index (κ2) is 8.56. The third-order valence-corrected chi connectivity index (χ3v) is 5.34. The summed E-state index contributed by atoms with van der Waals surface area (Å²) < 4.78 is 0. The van der Waals surface area contributed by atoms with Crippen LogP contribution in [0.2, 0.25) is 0 Å². The number of rotatable bonds is 6. The minimum atomic E-state index is 0.626. The molecule has 1 saturated carbocycles. The molecular formula is C20H33N5. The van der Waals surface area contributed by atoms with Crippen LogP contribution < -0.4 is 15.5 Å². The maximum Gasteiger partial charge on any atom is 0.191 e. The fourth-order valence-electron chi connectivity index (χ4n) is 3.46. The first-order valence-corrected chi connectivity index (χ1v) is 9.67. The van der Waals surface area contributed by atoms with E-state index in [1.807, 2.05) is 7.05 Å². The van der Waals surface area contributed by atoms with Gasteiger partial charge in [0.15, 0.2) is 5.96 Å². The Morgan fingerprint density at radius 3 is 2.64 bits per heavy atom. The molecule has 2 N–H and O–H groups in total. The molecule has 138 valence electrons. The maximum absolute atomic E-state index is 4.31. The summed E-state index contributed by atoms with van der Waals surface area (Å²) in [5.41, 5.74) is 2.71. The number of hydrogen-bond donors (Lipinski definition) is 2. The minimum absolute atomic E-state index is 0.626. The second-order valence-corrected chi connectivity index (χ2v) is 7.48. The third kappa shape index (κ3) is 5.36. The molecule has 1 aromatic rings. The van der Waals surface area contributed by atoms with Crippen molar-refractivity contribution < 1.29 is 0 Å². The van der Waals surface area contributed by atoms with E-state index in [-0.39, 0.29) is 0 Å². The lowest BCUT2D eigenvalue weighted by molar-refractivity contribution is 0.255. The Labute approximate surface area is 152 Å². The molecule has 3 rings (SSSR count). The number of nitrogens with zero attached hydrogens (tertiary/aromatic N) is 3. The van der Waals surface area contributed by atoms with E-state index >= 15 is 0 Å². The monoisotopic (exact) mass is 343 g/mol. The number of hydrogen-bond acceptors (Lipinski definition) is 3. The molecular weight excluding hydrogens is 310 g/mol. The van der Waals surface area contributed by atoms with Gasteiger partial charge < -0.3 is 15.5 Å². The number of benzene rings is 1. The summed E-state index contributed by atoms with van der Waals surface area (Å²) in [5, 5.41) is 6.92. The van der Waals surface area contributed by atoms with E-state index in [4.69, 9.17) is 0 Å². The van der Waals surface area contributed by atoms with Gasteiger partial charge in [-0.05, 0) is 49.9 Å². The number of aliphatic imine (C=N–C) groups is 1. The molecule has 1 aliphatic heterocycles. The van der Waals surface area contributed by atoms with Crippen LogP contribution in [-0.2, 0) is 0 Å². The lowest BCUT2D eigenvalue weighted by Gasteiger charge is -2.36. The van der Waals surface area contributed by atoms with E-state index in [1.54, 1.807) is 0 Å². The molecule has 1 aromatic carbocycles. The zero-order valence-electron chi connectivity index (χ0n) is 16.0. The summed E-state index contributed by atoms with van der Waals surface area (Å²) in [7, 11) is 1.85. The van der Waals surface area contributed by atoms with Crippen LogP contribution in [0.15, 0.2) is 29.3 Å². The molecule has 25 heavy (non-hydrogen) atoms. The average Bonchev–Trinajstić information content (AvgIpc) is 3.33. The second-order valence-electron chi connectivity index (χ2n) is 7.48. The van der Waals surface area contributed by atoms with Crippen LogP contribution >= 0.6 is 0 Å². The molecule has 1 saturated heterocycles. The topological polar surface area (TPSA) is 42.9 Å². The van der Waals surface area contributed by atoms with Crippen LogP contribution in [0.25, 0.3) is 0 Å². The molecule has 0 radical (unpaired) electrons. The molecule has 0 amide bonds. The van der Waals surface area contributed by atoms with Crippen molar-refractivity contribution in [2.75, 3.05) is 51.2 Å². The molecule has 5 heteroatoms. The van der Waals surface area contributed by atoms with Gasteiger partial charge in [-0.2, -0.15) is 0 Å². The zero-order valence-corrected chi connectivity index (χ0v) is 16.0. The first-order valence-electron chi connectivity index (χ1n) is 9.67. The summed E-state index contributed by atoms with van der Waals surface area (Å²) in [6.07, 6.45) is 2.43.